The molecule has 134 valence electrons. The maximum atomic E-state index is 12.4. The largest absolute Gasteiger partial charge is 0.363 e. The van der Waals surface area contributed by atoms with Crippen LogP contribution in [0.3, 0.4) is 0 Å². The van der Waals surface area contributed by atoms with Gasteiger partial charge in [0.15, 0.2) is 0 Å². The maximum Gasteiger partial charge on any atom is 0.272 e. The lowest BCUT2D eigenvalue weighted by atomic mass is 10.1. The van der Waals surface area contributed by atoms with Gasteiger partial charge >= 0.3 is 0 Å². The van der Waals surface area contributed by atoms with Gasteiger partial charge in [0, 0.05) is 52.0 Å². The third-order valence-electron chi connectivity index (χ3n) is 4.37. The molecule has 8 heteroatoms. The van der Waals surface area contributed by atoms with Crippen LogP contribution in [0.25, 0.3) is 0 Å². The second-order valence-electron chi connectivity index (χ2n) is 6.44. The zero-order valence-corrected chi connectivity index (χ0v) is 15.0. The van der Waals surface area contributed by atoms with Gasteiger partial charge in [-0.15, -0.1) is 0 Å². The molecule has 0 aliphatic carbocycles. The topological polar surface area (TPSA) is 79.2 Å². The number of carbonyl (C=O) groups excluding carboxylic acids is 1. The van der Waals surface area contributed by atoms with Crippen LogP contribution in [-0.4, -0.2) is 58.9 Å². The number of aryl methyl sites for hydroxylation is 1. The number of rotatable bonds is 5. The minimum atomic E-state index is -0.115. The zero-order valence-electron chi connectivity index (χ0n) is 15.0. The molecule has 3 heterocycles. The first-order valence-electron chi connectivity index (χ1n) is 8.65. The van der Waals surface area contributed by atoms with E-state index in [4.69, 9.17) is 0 Å². The van der Waals surface area contributed by atoms with E-state index in [-0.39, 0.29) is 11.9 Å². The summed E-state index contributed by atoms with van der Waals surface area (Å²) in [6.07, 6.45) is 5.38. The van der Waals surface area contributed by atoms with Crippen LogP contribution >= 0.6 is 0 Å². The van der Waals surface area contributed by atoms with Crippen molar-refractivity contribution in [2.75, 3.05) is 37.0 Å². The molecule has 0 aromatic carbocycles. The molecule has 25 heavy (non-hydrogen) atoms. The second-order valence-corrected chi connectivity index (χ2v) is 6.44. The number of piperidine rings is 1. The summed E-state index contributed by atoms with van der Waals surface area (Å²) in [5.74, 6) is 1.66. The van der Waals surface area contributed by atoms with Crippen LogP contribution in [0.4, 0.5) is 11.6 Å². The normalized spacial score (nSPS) is 17.4. The zero-order chi connectivity index (χ0) is 17.8. The van der Waals surface area contributed by atoms with E-state index in [1.807, 2.05) is 38.2 Å². The van der Waals surface area contributed by atoms with Crippen molar-refractivity contribution in [1.29, 1.82) is 0 Å². The molecule has 8 nitrogen and oxygen atoms in total. The van der Waals surface area contributed by atoms with Gasteiger partial charge in [-0.2, -0.15) is 5.10 Å². The van der Waals surface area contributed by atoms with Gasteiger partial charge in [-0.25, -0.2) is 9.97 Å². The van der Waals surface area contributed by atoms with Crippen molar-refractivity contribution in [3.63, 3.8) is 0 Å². The Bertz CT molecular complexity index is 727. The average Bonchev–Trinajstić information content (AvgIpc) is 3.11. The molecule has 2 aromatic rings. The molecule has 1 aliphatic rings. The Labute approximate surface area is 147 Å². The highest BCUT2D eigenvalue weighted by molar-refractivity contribution is 5.92. The molecule has 1 fully saturated rings. The van der Waals surface area contributed by atoms with Crippen molar-refractivity contribution in [3.8, 4) is 0 Å². The summed E-state index contributed by atoms with van der Waals surface area (Å²) in [5, 5.41) is 7.37. The quantitative estimate of drug-likeness (QED) is 0.878. The summed E-state index contributed by atoms with van der Waals surface area (Å²) >= 11 is 0. The summed E-state index contributed by atoms with van der Waals surface area (Å²) in [6.45, 7) is 4.43. The number of anilines is 2. The number of nitrogens with zero attached hydrogens (tertiary/aromatic N) is 6. The van der Waals surface area contributed by atoms with E-state index in [9.17, 15) is 4.79 Å². The number of nitrogens with one attached hydrogen (secondary N) is 1. The predicted molar refractivity (Wildman–Crippen MR) is 97.0 cm³/mol. The molecular formula is C17H25N7O. The van der Waals surface area contributed by atoms with E-state index in [1.165, 1.54) is 0 Å². The van der Waals surface area contributed by atoms with E-state index in [1.54, 1.807) is 17.1 Å². The van der Waals surface area contributed by atoms with Crippen LogP contribution < -0.4 is 15.1 Å². The first kappa shape index (κ1) is 17.2. The van der Waals surface area contributed by atoms with Gasteiger partial charge in [0.1, 0.15) is 23.7 Å². The van der Waals surface area contributed by atoms with Gasteiger partial charge in [0.05, 0.1) is 0 Å². The molecule has 2 aromatic heterocycles. The van der Waals surface area contributed by atoms with Crippen molar-refractivity contribution >= 4 is 17.5 Å². The Balaban J connectivity index is 1.64. The van der Waals surface area contributed by atoms with Crippen LogP contribution in [-0.2, 0) is 6.54 Å². The standard InChI is InChI=1S/C17H25N7O/c1-4-24-9-7-14(21-24)17(25)20-13-6-5-8-23(11-13)16-10-15(22(2)3)18-12-19-16/h7,9-10,12-13H,4-6,8,11H2,1-3H3,(H,20,25)/t13-/m0/s1. The highest BCUT2D eigenvalue weighted by Gasteiger charge is 2.24. The first-order chi connectivity index (χ1) is 12.1. The number of amides is 1. The van der Waals surface area contributed by atoms with E-state index in [0.29, 0.717) is 5.69 Å². The minimum Gasteiger partial charge on any atom is -0.363 e. The first-order valence-corrected chi connectivity index (χ1v) is 8.65. The Morgan fingerprint density at radius 2 is 2.24 bits per heavy atom. The Kier molecular flexibility index (Phi) is 5.16. The maximum absolute atomic E-state index is 12.4. The van der Waals surface area contributed by atoms with Gasteiger partial charge in [-0.3, -0.25) is 9.48 Å². The smallest absolute Gasteiger partial charge is 0.272 e. The summed E-state index contributed by atoms with van der Waals surface area (Å²) in [4.78, 5) is 25.2. The Morgan fingerprint density at radius 3 is 2.96 bits per heavy atom. The lowest BCUT2D eigenvalue weighted by Gasteiger charge is -2.34. The number of hydrogen-bond acceptors (Lipinski definition) is 6. The van der Waals surface area contributed by atoms with Crippen molar-refractivity contribution < 1.29 is 4.79 Å². The van der Waals surface area contributed by atoms with Gasteiger partial charge in [-0.1, -0.05) is 0 Å². The molecule has 0 unspecified atom stereocenters. The fraction of sp³-hybridized carbons (Fsp3) is 0.529. The van der Waals surface area contributed by atoms with Gasteiger partial charge < -0.3 is 15.1 Å². The lowest BCUT2D eigenvalue weighted by molar-refractivity contribution is 0.0927. The van der Waals surface area contributed by atoms with Crippen molar-refractivity contribution in [2.45, 2.75) is 32.4 Å². The summed E-state index contributed by atoms with van der Waals surface area (Å²) in [7, 11) is 3.92. The van der Waals surface area contributed by atoms with Crippen LogP contribution in [0.5, 0.6) is 0 Å². The van der Waals surface area contributed by atoms with Crippen molar-refractivity contribution in [1.82, 2.24) is 25.1 Å². The van der Waals surface area contributed by atoms with Crippen LogP contribution in [0, 0.1) is 0 Å². The molecule has 1 N–H and O–H groups in total. The van der Waals surface area contributed by atoms with E-state index in [0.717, 1.165) is 44.1 Å². The van der Waals surface area contributed by atoms with Crippen molar-refractivity contribution in [2.24, 2.45) is 0 Å². The molecule has 3 rings (SSSR count). The molecule has 1 saturated heterocycles. The molecule has 0 bridgehead atoms. The molecule has 0 saturated carbocycles. The Hall–Kier alpha value is -2.64. The summed E-state index contributed by atoms with van der Waals surface area (Å²) < 4.78 is 1.76. The molecule has 1 aliphatic heterocycles. The van der Waals surface area contributed by atoms with E-state index in [2.05, 4.69) is 25.3 Å². The van der Waals surface area contributed by atoms with Crippen LogP contribution in [0.2, 0.25) is 0 Å². The predicted octanol–water partition coefficient (Wildman–Crippen LogP) is 1.16. The monoisotopic (exact) mass is 343 g/mol. The molecule has 0 radical (unpaired) electrons. The molecule has 1 amide bonds. The van der Waals surface area contributed by atoms with Gasteiger partial charge in [-0.05, 0) is 25.8 Å². The average molecular weight is 343 g/mol. The van der Waals surface area contributed by atoms with Gasteiger partial charge in [0.2, 0.25) is 0 Å². The van der Waals surface area contributed by atoms with Crippen LogP contribution in [0.15, 0.2) is 24.7 Å². The third-order valence-corrected chi connectivity index (χ3v) is 4.37. The second kappa shape index (κ2) is 7.50. The number of aromatic nitrogens is 4. The minimum absolute atomic E-state index is 0.0887. The summed E-state index contributed by atoms with van der Waals surface area (Å²) in [5.41, 5.74) is 0.468. The molecule has 1 atom stereocenters. The fourth-order valence-electron chi connectivity index (χ4n) is 2.98. The molecule has 0 spiro atoms. The highest BCUT2D eigenvalue weighted by Crippen LogP contribution is 2.20. The summed E-state index contributed by atoms with van der Waals surface area (Å²) in [6, 6.07) is 3.83. The number of carbonyl (C=O) groups is 1. The lowest BCUT2D eigenvalue weighted by Crippen LogP contribution is -2.48. The van der Waals surface area contributed by atoms with Gasteiger partial charge in [0.25, 0.3) is 5.91 Å². The fourth-order valence-corrected chi connectivity index (χ4v) is 2.98. The van der Waals surface area contributed by atoms with Crippen LogP contribution in [0.1, 0.15) is 30.3 Å². The SMILES string of the molecule is CCn1ccc(C(=O)N[C@H]2CCCN(c3cc(N(C)C)ncn3)C2)n1. The van der Waals surface area contributed by atoms with Crippen molar-refractivity contribution in [3.05, 3.63) is 30.4 Å². The van der Waals surface area contributed by atoms with E-state index < -0.39 is 0 Å². The highest BCUT2D eigenvalue weighted by atomic mass is 16.2. The third kappa shape index (κ3) is 4.07. The number of hydrogen-bond donors (Lipinski definition) is 1. The van der Waals surface area contributed by atoms with E-state index >= 15 is 0 Å². The Morgan fingerprint density at radius 1 is 1.40 bits per heavy atom. The molecular weight excluding hydrogens is 318 g/mol.